The molecule has 0 saturated carbocycles. The molecule has 2 atom stereocenters. The van der Waals surface area contributed by atoms with Crippen LogP contribution in [-0.4, -0.2) is 5.78 Å². The number of ketones is 1. The molecule has 26 heavy (non-hydrogen) atoms. The third-order valence-corrected chi connectivity index (χ3v) is 6.02. The summed E-state index contributed by atoms with van der Waals surface area (Å²) in [7, 11) is 0. The molecule has 2 aromatic heterocycles. The van der Waals surface area contributed by atoms with E-state index in [1.54, 1.807) is 17.6 Å². The molecule has 0 spiro atoms. The summed E-state index contributed by atoms with van der Waals surface area (Å²) in [5.74, 6) is 1.14. The molecule has 1 aromatic carbocycles. The highest BCUT2D eigenvalue weighted by atomic mass is 32.1. The summed E-state index contributed by atoms with van der Waals surface area (Å²) in [6, 6.07) is 16.0. The van der Waals surface area contributed by atoms with Gasteiger partial charge in [0.1, 0.15) is 5.76 Å². The van der Waals surface area contributed by atoms with Gasteiger partial charge in [-0.1, -0.05) is 18.2 Å². The van der Waals surface area contributed by atoms with Crippen molar-refractivity contribution in [2.75, 3.05) is 10.6 Å². The second-order valence-electron chi connectivity index (χ2n) is 6.70. The highest BCUT2D eigenvalue weighted by Gasteiger charge is 2.37. The molecule has 0 amide bonds. The van der Waals surface area contributed by atoms with Crippen molar-refractivity contribution < 1.29 is 9.21 Å². The molecule has 3 aromatic rings. The Bertz CT molecular complexity index is 973. The van der Waals surface area contributed by atoms with Crippen molar-refractivity contribution in [2.24, 2.45) is 0 Å². The van der Waals surface area contributed by atoms with Gasteiger partial charge in [0, 0.05) is 28.5 Å². The fourth-order valence-electron chi connectivity index (χ4n) is 3.89. The van der Waals surface area contributed by atoms with Crippen LogP contribution < -0.4 is 10.6 Å². The number of hydrogen-bond acceptors (Lipinski definition) is 5. The van der Waals surface area contributed by atoms with Crippen molar-refractivity contribution >= 4 is 28.5 Å². The first-order chi connectivity index (χ1) is 12.8. The molecule has 130 valence electrons. The van der Waals surface area contributed by atoms with Crippen LogP contribution in [0.15, 0.2) is 75.9 Å². The third kappa shape index (κ3) is 2.56. The van der Waals surface area contributed by atoms with Crippen LogP contribution in [0.3, 0.4) is 0 Å². The van der Waals surface area contributed by atoms with Gasteiger partial charge in [0.2, 0.25) is 0 Å². The van der Waals surface area contributed by atoms with Crippen molar-refractivity contribution in [3.05, 3.63) is 82.1 Å². The Hall–Kier alpha value is -2.79. The number of Topliss-reactive ketones (excluding diaryl/α,β-unsaturated/α-hetero) is 1. The number of nitrogens with one attached hydrogen (secondary N) is 2. The number of carbonyl (C=O) groups excluding carboxylic acids is 1. The molecule has 0 fully saturated rings. The van der Waals surface area contributed by atoms with E-state index in [4.69, 9.17) is 4.42 Å². The van der Waals surface area contributed by atoms with Crippen molar-refractivity contribution in [3.63, 3.8) is 0 Å². The molecule has 2 aliphatic rings. The van der Waals surface area contributed by atoms with Gasteiger partial charge in [-0.25, -0.2) is 0 Å². The zero-order chi connectivity index (χ0) is 17.5. The molecule has 2 N–H and O–H groups in total. The molecule has 4 nitrogen and oxygen atoms in total. The first-order valence-corrected chi connectivity index (χ1v) is 9.63. The van der Waals surface area contributed by atoms with Gasteiger partial charge in [-0.05, 0) is 42.1 Å². The minimum absolute atomic E-state index is 0.0815. The van der Waals surface area contributed by atoms with Gasteiger partial charge in [0.05, 0.1) is 23.7 Å². The Kier molecular flexibility index (Phi) is 3.68. The Morgan fingerprint density at radius 2 is 1.88 bits per heavy atom. The maximum atomic E-state index is 13.2. The van der Waals surface area contributed by atoms with E-state index in [1.807, 2.05) is 36.4 Å². The Labute approximate surface area is 155 Å². The normalized spacial score (nSPS) is 22.1. The lowest BCUT2D eigenvalue weighted by Gasteiger charge is -2.28. The van der Waals surface area contributed by atoms with Gasteiger partial charge in [0.15, 0.2) is 5.78 Å². The number of rotatable bonds is 2. The summed E-state index contributed by atoms with van der Waals surface area (Å²) in [5.41, 5.74) is 3.87. The smallest absolute Gasteiger partial charge is 0.163 e. The quantitative estimate of drug-likeness (QED) is 0.648. The van der Waals surface area contributed by atoms with Gasteiger partial charge in [-0.2, -0.15) is 0 Å². The van der Waals surface area contributed by atoms with Crippen LogP contribution in [0.25, 0.3) is 0 Å². The second-order valence-corrected chi connectivity index (χ2v) is 7.68. The number of para-hydroxylation sites is 2. The second kappa shape index (κ2) is 6.18. The van der Waals surface area contributed by atoms with Crippen LogP contribution in [0, 0.1) is 0 Å². The lowest BCUT2D eigenvalue weighted by atomic mass is 9.81. The minimum atomic E-state index is -0.119. The molecule has 0 unspecified atom stereocenters. The summed E-state index contributed by atoms with van der Waals surface area (Å²) in [6.45, 7) is 0. The van der Waals surface area contributed by atoms with E-state index in [-0.39, 0.29) is 17.7 Å². The number of benzene rings is 1. The molecule has 0 radical (unpaired) electrons. The van der Waals surface area contributed by atoms with Crippen molar-refractivity contribution in [3.8, 4) is 0 Å². The predicted molar refractivity (Wildman–Crippen MR) is 103 cm³/mol. The first-order valence-electron chi connectivity index (χ1n) is 8.75. The maximum Gasteiger partial charge on any atom is 0.163 e. The van der Waals surface area contributed by atoms with Gasteiger partial charge in [-0.15, -0.1) is 11.3 Å². The number of fused-ring (bicyclic) bond motifs is 1. The summed E-state index contributed by atoms with van der Waals surface area (Å²) in [4.78, 5) is 14.3. The SMILES string of the molecule is O=C1C[C@H](c2ccco2)CC2=C1[C@H](c1cccs1)Nc1ccccc1N2. The van der Waals surface area contributed by atoms with Gasteiger partial charge in [-0.3, -0.25) is 4.79 Å². The van der Waals surface area contributed by atoms with Gasteiger partial charge < -0.3 is 15.1 Å². The zero-order valence-corrected chi connectivity index (χ0v) is 14.9. The van der Waals surface area contributed by atoms with Crippen LogP contribution >= 0.6 is 11.3 Å². The summed E-state index contributed by atoms with van der Waals surface area (Å²) < 4.78 is 5.58. The number of carbonyl (C=O) groups is 1. The highest BCUT2D eigenvalue weighted by Crippen LogP contribution is 2.44. The number of allylic oxidation sites excluding steroid dienone is 1. The van der Waals surface area contributed by atoms with E-state index in [0.29, 0.717) is 6.42 Å². The average Bonchev–Trinajstić information content (AvgIpc) is 3.33. The lowest BCUT2D eigenvalue weighted by Crippen LogP contribution is -2.26. The van der Waals surface area contributed by atoms with E-state index in [2.05, 4.69) is 28.1 Å². The van der Waals surface area contributed by atoms with Crippen molar-refractivity contribution in [2.45, 2.75) is 24.8 Å². The standard InChI is InChI=1S/C21H18N2O2S/c24-17-12-13(18-7-3-9-25-18)11-16-20(17)21(19-8-4-10-26-19)23-15-6-2-1-5-14(15)22-16/h1-10,13,21-23H,11-12H2/t13-,21+/m1/s1. The van der Waals surface area contributed by atoms with E-state index < -0.39 is 0 Å². The highest BCUT2D eigenvalue weighted by molar-refractivity contribution is 7.10. The molecule has 0 saturated heterocycles. The van der Waals surface area contributed by atoms with Crippen LogP contribution in [0.2, 0.25) is 0 Å². The Morgan fingerprint density at radius 3 is 2.65 bits per heavy atom. The number of furan rings is 1. The molecular weight excluding hydrogens is 344 g/mol. The third-order valence-electron chi connectivity index (χ3n) is 5.08. The fourth-order valence-corrected chi connectivity index (χ4v) is 4.67. The molecular formula is C21H18N2O2S. The van der Waals surface area contributed by atoms with E-state index in [0.717, 1.165) is 39.7 Å². The molecule has 5 heteroatoms. The lowest BCUT2D eigenvalue weighted by molar-refractivity contribution is -0.116. The Balaban J connectivity index is 1.62. The largest absolute Gasteiger partial charge is 0.469 e. The topological polar surface area (TPSA) is 54.3 Å². The number of thiophene rings is 1. The summed E-state index contributed by atoms with van der Waals surface area (Å²) in [5, 5.41) is 9.18. The molecule has 0 bridgehead atoms. The van der Waals surface area contributed by atoms with Crippen LogP contribution in [0.5, 0.6) is 0 Å². The van der Waals surface area contributed by atoms with Crippen LogP contribution in [0.1, 0.15) is 35.4 Å². The maximum absolute atomic E-state index is 13.2. The average molecular weight is 362 g/mol. The first kappa shape index (κ1) is 15.5. The van der Waals surface area contributed by atoms with Gasteiger partial charge in [0.25, 0.3) is 0 Å². The summed E-state index contributed by atoms with van der Waals surface area (Å²) >= 11 is 1.67. The predicted octanol–water partition coefficient (Wildman–Crippen LogP) is 5.32. The molecule has 5 rings (SSSR count). The minimum Gasteiger partial charge on any atom is -0.469 e. The molecule has 3 heterocycles. The van der Waals surface area contributed by atoms with Crippen molar-refractivity contribution in [1.29, 1.82) is 0 Å². The van der Waals surface area contributed by atoms with Gasteiger partial charge >= 0.3 is 0 Å². The fraction of sp³-hybridized carbons (Fsp3) is 0.190. The number of anilines is 2. The van der Waals surface area contributed by atoms with E-state index in [1.165, 1.54) is 0 Å². The van der Waals surface area contributed by atoms with E-state index >= 15 is 0 Å². The number of hydrogen-bond donors (Lipinski definition) is 2. The van der Waals surface area contributed by atoms with Crippen LogP contribution in [-0.2, 0) is 4.79 Å². The van der Waals surface area contributed by atoms with Crippen molar-refractivity contribution in [1.82, 2.24) is 0 Å². The molecule has 1 aliphatic heterocycles. The summed E-state index contributed by atoms with van der Waals surface area (Å²) in [6.07, 6.45) is 2.93. The Morgan fingerprint density at radius 1 is 1.00 bits per heavy atom. The molecule has 1 aliphatic carbocycles. The zero-order valence-electron chi connectivity index (χ0n) is 14.1. The van der Waals surface area contributed by atoms with E-state index in [9.17, 15) is 4.79 Å². The monoisotopic (exact) mass is 362 g/mol. The van der Waals surface area contributed by atoms with Crippen LogP contribution in [0.4, 0.5) is 11.4 Å².